The van der Waals surface area contributed by atoms with Crippen molar-refractivity contribution >= 4 is 37.5 Å². The Kier molecular flexibility index (Phi) is 5.49. The lowest BCUT2D eigenvalue weighted by Gasteiger charge is -2.21. The van der Waals surface area contributed by atoms with Crippen molar-refractivity contribution in [1.82, 2.24) is 0 Å². The van der Waals surface area contributed by atoms with Crippen LogP contribution in [-0.4, -0.2) is 7.11 Å². The van der Waals surface area contributed by atoms with Crippen LogP contribution in [0.25, 0.3) is 0 Å². The van der Waals surface area contributed by atoms with Crippen LogP contribution in [-0.2, 0) is 0 Å². The molecule has 1 atom stereocenters. The number of methoxy groups -OCH3 is 1. The maximum absolute atomic E-state index is 5.41. The van der Waals surface area contributed by atoms with Gasteiger partial charge in [0.15, 0.2) is 0 Å². The minimum absolute atomic E-state index is 0.246. The molecule has 0 bridgehead atoms. The SMILES string of the molecule is CCC(Nc1cc(Br)ccc1OC)c1cccc(Br)c1. The molecule has 2 aromatic carbocycles. The quantitative estimate of drug-likeness (QED) is 0.688. The van der Waals surface area contributed by atoms with E-state index in [1.54, 1.807) is 7.11 Å². The van der Waals surface area contributed by atoms with Crippen molar-refractivity contribution in [2.24, 2.45) is 0 Å². The van der Waals surface area contributed by atoms with Crippen LogP contribution in [0.3, 0.4) is 0 Å². The normalized spacial score (nSPS) is 12.0. The van der Waals surface area contributed by atoms with Crippen LogP contribution in [0.4, 0.5) is 5.69 Å². The molecule has 0 spiro atoms. The van der Waals surface area contributed by atoms with Crippen molar-refractivity contribution in [3.8, 4) is 5.75 Å². The first-order chi connectivity index (χ1) is 9.63. The molecule has 4 heteroatoms. The van der Waals surface area contributed by atoms with Crippen LogP contribution in [0.1, 0.15) is 24.9 Å². The largest absolute Gasteiger partial charge is 0.495 e. The summed E-state index contributed by atoms with van der Waals surface area (Å²) < 4.78 is 7.54. The maximum Gasteiger partial charge on any atom is 0.142 e. The summed E-state index contributed by atoms with van der Waals surface area (Å²) in [4.78, 5) is 0. The van der Waals surface area contributed by atoms with E-state index in [1.807, 2.05) is 24.3 Å². The molecule has 0 aliphatic heterocycles. The first-order valence-electron chi connectivity index (χ1n) is 6.49. The predicted molar refractivity (Wildman–Crippen MR) is 91.5 cm³/mol. The number of halogens is 2. The fraction of sp³-hybridized carbons (Fsp3) is 0.250. The zero-order valence-electron chi connectivity index (χ0n) is 11.5. The van der Waals surface area contributed by atoms with Gasteiger partial charge in [0.1, 0.15) is 5.75 Å². The second-order valence-electron chi connectivity index (χ2n) is 4.50. The smallest absolute Gasteiger partial charge is 0.142 e. The Balaban J connectivity index is 2.28. The fourth-order valence-electron chi connectivity index (χ4n) is 2.13. The number of hydrogen-bond donors (Lipinski definition) is 1. The van der Waals surface area contributed by atoms with Crippen LogP contribution in [0, 0.1) is 0 Å². The van der Waals surface area contributed by atoms with Crippen molar-refractivity contribution < 1.29 is 4.74 Å². The van der Waals surface area contributed by atoms with Gasteiger partial charge in [-0.2, -0.15) is 0 Å². The highest BCUT2D eigenvalue weighted by Crippen LogP contribution is 2.32. The van der Waals surface area contributed by atoms with Gasteiger partial charge in [-0.05, 0) is 42.3 Å². The molecule has 0 aliphatic carbocycles. The lowest BCUT2D eigenvalue weighted by molar-refractivity contribution is 0.416. The summed E-state index contributed by atoms with van der Waals surface area (Å²) in [5.41, 5.74) is 2.25. The molecule has 0 saturated heterocycles. The first-order valence-corrected chi connectivity index (χ1v) is 8.08. The Morgan fingerprint density at radius 3 is 2.50 bits per heavy atom. The monoisotopic (exact) mass is 397 g/mol. The number of ether oxygens (including phenoxy) is 1. The lowest BCUT2D eigenvalue weighted by atomic mass is 10.0. The lowest BCUT2D eigenvalue weighted by Crippen LogP contribution is -2.10. The van der Waals surface area contributed by atoms with E-state index in [9.17, 15) is 0 Å². The van der Waals surface area contributed by atoms with E-state index in [1.165, 1.54) is 5.56 Å². The molecule has 0 saturated carbocycles. The second kappa shape index (κ2) is 7.14. The van der Waals surface area contributed by atoms with E-state index < -0.39 is 0 Å². The van der Waals surface area contributed by atoms with Crippen molar-refractivity contribution in [1.29, 1.82) is 0 Å². The third-order valence-electron chi connectivity index (χ3n) is 3.15. The van der Waals surface area contributed by atoms with Gasteiger partial charge in [0, 0.05) is 8.95 Å². The van der Waals surface area contributed by atoms with Crippen LogP contribution in [0.2, 0.25) is 0 Å². The number of nitrogens with one attached hydrogen (secondary N) is 1. The number of hydrogen-bond acceptors (Lipinski definition) is 2. The van der Waals surface area contributed by atoms with Crippen molar-refractivity contribution in [3.63, 3.8) is 0 Å². The van der Waals surface area contributed by atoms with Crippen molar-refractivity contribution in [2.45, 2.75) is 19.4 Å². The molecule has 0 aromatic heterocycles. The summed E-state index contributed by atoms with van der Waals surface area (Å²) in [5, 5.41) is 3.56. The highest BCUT2D eigenvalue weighted by atomic mass is 79.9. The molecular formula is C16H17Br2NO. The van der Waals surface area contributed by atoms with Gasteiger partial charge in [0.05, 0.1) is 18.8 Å². The fourth-order valence-corrected chi connectivity index (χ4v) is 2.90. The van der Waals surface area contributed by atoms with Crippen LogP contribution >= 0.6 is 31.9 Å². The number of rotatable bonds is 5. The Morgan fingerprint density at radius 2 is 1.85 bits per heavy atom. The predicted octanol–water partition coefficient (Wildman–Crippen LogP) is 5.78. The molecule has 0 amide bonds. The van der Waals surface area contributed by atoms with Crippen molar-refractivity contribution in [2.75, 3.05) is 12.4 Å². The van der Waals surface area contributed by atoms with Crippen LogP contribution < -0.4 is 10.1 Å². The van der Waals surface area contributed by atoms with Gasteiger partial charge in [-0.15, -0.1) is 0 Å². The summed E-state index contributed by atoms with van der Waals surface area (Å²) in [6, 6.07) is 14.6. The summed E-state index contributed by atoms with van der Waals surface area (Å²) in [5.74, 6) is 0.849. The van der Waals surface area contributed by atoms with E-state index in [-0.39, 0.29) is 6.04 Å². The van der Waals surface area contributed by atoms with E-state index in [2.05, 4.69) is 62.3 Å². The average molecular weight is 399 g/mol. The van der Waals surface area contributed by atoms with E-state index >= 15 is 0 Å². The summed E-state index contributed by atoms with van der Waals surface area (Å²) in [6.07, 6.45) is 0.992. The average Bonchev–Trinajstić information content (AvgIpc) is 2.45. The number of anilines is 1. The van der Waals surface area contributed by atoms with Crippen molar-refractivity contribution in [3.05, 3.63) is 57.0 Å². The molecule has 2 aromatic rings. The maximum atomic E-state index is 5.41. The Hall–Kier alpha value is -1.00. The summed E-state index contributed by atoms with van der Waals surface area (Å²) >= 11 is 7.03. The minimum Gasteiger partial charge on any atom is -0.495 e. The van der Waals surface area contributed by atoms with E-state index in [4.69, 9.17) is 4.74 Å². The Labute approximate surface area is 136 Å². The van der Waals surface area contributed by atoms with E-state index in [0.29, 0.717) is 0 Å². The molecule has 0 heterocycles. The number of benzene rings is 2. The molecule has 2 rings (SSSR count). The standard InChI is InChI=1S/C16H17Br2NO/c1-3-14(11-5-4-6-12(17)9-11)19-15-10-13(18)7-8-16(15)20-2/h4-10,14,19H,3H2,1-2H3. The van der Waals surface area contributed by atoms with Gasteiger partial charge in [-0.1, -0.05) is 50.9 Å². The molecule has 2 nitrogen and oxygen atoms in total. The zero-order valence-corrected chi connectivity index (χ0v) is 14.7. The van der Waals surface area contributed by atoms with Gasteiger partial charge < -0.3 is 10.1 Å². The molecule has 0 fully saturated rings. The highest BCUT2D eigenvalue weighted by Gasteiger charge is 2.12. The molecular weight excluding hydrogens is 382 g/mol. The minimum atomic E-state index is 0.246. The van der Waals surface area contributed by atoms with Gasteiger partial charge >= 0.3 is 0 Å². The zero-order chi connectivity index (χ0) is 14.5. The molecule has 1 unspecified atom stereocenters. The topological polar surface area (TPSA) is 21.3 Å². The van der Waals surface area contributed by atoms with Crippen LogP contribution in [0.15, 0.2) is 51.4 Å². The molecule has 1 N–H and O–H groups in total. The van der Waals surface area contributed by atoms with Crippen LogP contribution in [0.5, 0.6) is 5.75 Å². The van der Waals surface area contributed by atoms with E-state index in [0.717, 1.165) is 26.8 Å². The van der Waals surface area contributed by atoms with Gasteiger partial charge in [0.25, 0.3) is 0 Å². The second-order valence-corrected chi connectivity index (χ2v) is 6.34. The van der Waals surface area contributed by atoms with Gasteiger partial charge in [0.2, 0.25) is 0 Å². The third-order valence-corrected chi connectivity index (χ3v) is 4.14. The molecule has 0 radical (unpaired) electrons. The van der Waals surface area contributed by atoms with Gasteiger partial charge in [-0.25, -0.2) is 0 Å². The summed E-state index contributed by atoms with van der Waals surface area (Å²) in [7, 11) is 1.69. The Morgan fingerprint density at radius 1 is 1.10 bits per heavy atom. The first kappa shape index (κ1) is 15.4. The summed E-state index contributed by atoms with van der Waals surface area (Å²) in [6.45, 7) is 2.17. The molecule has 0 aliphatic rings. The molecule has 20 heavy (non-hydrogen) atoms. The molecule has 106 valence electrons. The Bertz CT molecular complexity index is 586. The highest BCUT2D eigenvalue weighted by molar-refractivity contribution is 9.10. The third kappa shape index (κ3) is 3.76. The van der Waals surface area contributed by atoms with Gasteiger partial charge in [-0.3, -0.25) is 0 Å².